The summed E-state index contributed by atoms with van der Waals surface area (Å²) in [5.74, 6) is 1.98. The molecule has 0 spiro atoms. The predicted molar refractivity (Wildman–Crippen MR) is 46.9 cm³/mol. The summed E-state index contributed by atoms with van der Waals surface area (Å²) < 4.78 is 5.44. The van der Waals surface area contributed by atoms with Crippen molar-refractivity contribution in [2.45, 2.75) is 33.7 Å². The van der Waals surface area contributed by atoms with Crippen LogP contribution in [-0.2, 0) is 4.74 Å². The Balaban J connectivity index is 2.54. The monoisotopic (exact) mass is 155 g/mol. The highest BCUT2D eigenvalue weighted by Crippen LogP contribution is 2.16. The molecule has 11 heavy (non-hydrogen) atoms. The molecule has 0 N–H and O–H groups in total. The molecule has 0 amide bonds. The van der Waals surface area contributed by atoms with Crippen molar-refractivity contribution in [3.63, 3.8) is 0 Å². The average molecular weight is 155 g/mol. The summed E-state index contributed by atoms with van der Waals surface area (Å²) in [5.41, 5.74) is 0. The van der Waals surface area contributed by atoms with E-state index in [1.807, 2.05) is 0 Å². The Labute approximate surface area is 68.7 Å². The third-order valence-electron chi connectivity index (χ3n) is 1.96. The maximum absolute atomic E-state index is 5.44. The Hall–Kier alpha value is -0.530. The zero-order valence-electron chi connectivity index (χ0n) is 7.79. The maximum atomic E-state index is 5.44. The van der Waals surface area contributed by atoms with Gasteiger partial charge in [-0.25, -0.2) is 4.99 Å². The van der Waals surface area contributed by atoms with Crippen LogP contribution in [0.3, 0.4) is 0 Å². The predicted octanol–water partition coefficient (Wildman–Crippen LogP) is 2.10. The van der Waals surface area contributed by atoms with Crippen LogP contribution in [0.5, 0.6) is 0 Å². The molecule has 2 nitrogen and oxygen atoms in total. The van der Waals surface area contributed by atoms with E-state index in [0.29, 0.717) is 17.9 Å². The van der Waals surface area contributed by atoms with Crippen LogP contribution in [-0.4, -0.2) is 18.5 Å². The molecule has 0 aliphatic carbocycles. The zero-order chi connectivity index (χ0) is 8.43. The number of hydrogen-bond acceptors (Lipinski definition) is 2. The van der Waals surface area contributed by atoms with E-state index < -0.39 is 0 Å². The minimum Gasteiger partial charge on any atom is -0.478 e. The zero-order valence-corrected chi connectivity index (χ0v) is 7.79. The Morgan fingerprint density at radius 3 is 2.27 bits per heavy atom. The van der Waals surface area contributed by atoms with Gasteiger partial charge < -0.3 is 4.74 Å². The molecule has 1 heterocycles. The van der Waals surface area contributed by atoms with E-state index >= 15 is 0 Å². The van der Waals surface area contributed by atoms with Gasteiger partial charge in [0.1, 0.15) is 6.61 Å². The van der Waals surface area contributed by atoms with Crippen LogP contribution in [0.1, 0.15) is 27.7 Å². The summed E-state index contributed by atoms with van der Waals surface area (Å²) in [6, 6.07) is 0.396. The second-order valence-corrected chi connectivity index (χ2v) is 3.74. The molecule has 0 aromatic rings. The standard InChI is InChI=1S/C9H17NO/c1-6(2)8-5-11-9(10-8)7(3)4/h6-8H,5H2,1-4H3/t8-/m1/s1. The fourth-order valence-electron chi connectivity index (χ4n) is 1.07. The third kappa shape index (κ3) is 1.95. The molecule has 0 unspecified atom stereocenters. The second kappa shape index (κ2) is 3.24. The lowest BCUT2D eigenvalue weighted by molar-refractivity contribution is 0.280. The number of hydrogen-bond donors (Lipinski definition) is 0. The first-order valence-corrected chi connectivity index (χ1v) is 4.31. The Morgan fingerprint density at radius 2 is 2.00 bits per heavy atom. The number of rotatable bonds is 2. The van der Waals surface area contributed by atoms with E-state index in [1.54, 1.807) is 0 Å². The van der Waals surface area contributed by atoms with Crippen molar-refractivity contribution < 1.29 is 4.74 Å². The second-order valence-electron chi connectivity index (χ2n) is 3.74. The van der Waals surface area contributed by atoms with Gasteiger partial charge in [0.15, 0.2) is 5.90 Å². The van der Waals surface area contributed by atoms with Crippen molar-refractivity contribution in [2.24, 2.45) is 16.8 Å². The van der Waals surface area contributed by atoms with Gasteiger partial charge >= 0.3 is 0 Å². The highest BCUT2D eigenvalue weighted by Gasteiger charge is 2.22. The molecule has 1 aliphatic heterocycles. The molecule has 0 radical (unpaired) electrons. The SMILES string of the molecule is CC(C)C1=N[C@@H](C(C)C)CO1. The Kier molecular flexibility index (Phi) is 2.53. The van der Waals surface area contributed by atoms with Crippen LogP contribution >= 0.6 is 0 Å². The van der Waals surface area contributed by atoms with Crippen molar-refractivity contribution in [2.75, 3.05) is 6.61 Å². The minimum atomic E-state index is 0.396. The third-order valence-corrected chi connectivity index (χ3v) is 1.96. The van der Waals surface area contributed by atoms with E-state index in [0.717, 1.165) is 12.5 Å². The van der Waals surface area contributed by atoms with Crippen molar-refractivity contribution in [3.05, 3.63) is 0 Å². The van der Waals surface area contributed by atoms with Crippen LogP contribution in [0.4, 0.5) is 0 Å². The van der Waals surface area contributed by atoms with E-state index in [4.69, 9.17) is 4.74 Å². The van der Waals surface area contributed by atoms with Gasteiger partial charge in [-0.15, -0.1) is 0 Å². The van der Waals surface area contributed by atoms with Gasteiger partial charge in [-0.3, -0.25) is 0 Å². The maximum Gasteiger partial charge on any atom is 0.186 e. The van der Waals surface area contributed by atoms with Crippen molar-refractivity contribution in [3.8, 4) is 0 Å². The van der Waals surface area contributed by atoms with Crippen molar-refractivity contribution in [1.82, 2.24) is 0 Å². The fraction of sp³-hybridized carbons (Fsp3) is 0.889. The highest BCUT2D eigenvalue weighted by molar-refractivity contribution is 5.79. The number of aliphatic imine (C=N–C) groups is 1. The lowest BCUT2D eigenvalue weighted by Gasteiger charge is -2.06. The van der Waals surface area contributed by atoms with Gasteiger partial charge in [0, 0.05) is 5.92 Å². The number of nitrogens with zero attached hydrogens (tertiary/aromatic N) is 1. The summed E-state index contributed by atoms with van der Waals surface area (Å²) in [6.45, 7) is 9.37. The minimum absolute atomic E-state index is 0.396. The molecule has 0 aromatic heterocycles. The lowest BCUT2D eigenvalue weighted by Crippen LogP contribution is -2.13. The molecular weight excluding hydrogens is 138 g/mol. The summed E-state index contributed by atoms with van der Waals surface area (Å²) in [4.78, 5) is 4.48. The summed E-state index contributed by atoms with van der Waals surface area (Å²) in [7, 11) is 0. The van der Waals surface area contributed by atoms with Gasteiger partial charge in [-0.05, 0) is 5.92 Å². The molecule has 1 atom stereocenters. The summed E-state index contributed by atoms with van der Waals surface area (Å²) in [6.07, 6.45) is 0. The van der Waals surface area contributed by atoms with E-state index in [9.17, 15) is 0 Å². The van der Waals surface area contributed by atoms with Crippen molar-refractivity contribution in [1.29, 1.82) is 0 Å². The van der Waals surface area contributed by atoms with Crippen LogP contribution in [0.25, 0.3) is 0 Å². The number of ether oxygens (including phenoxy) is 1. The van der Waals surface area contributed by atoms with Crippen LogP contribution in [0, 0.1) is 11.8 Å². The van der Waals surface area contributed by atoms with E-state index in [-0.39, 0.29) is 0 Å². The van der Waals surface area contributed by atoms with Gasteiger partial charge in [-0.2, -0.15) is 0 Å². The van der Waals surface area contributed by atoms with Gasteiger partial charge in [-0.1, -0.05) is 27.7 Å². The molecule has 0 fully saturated rings. The Bertz CT molecular complexity index is 161. The topological polar surface area (TPSA) is 21.6 Å². The molecule has 0 saturated heterocycles. The first-order chi connectivity index (χ1) is 5.11. The van der Waals surface area contributed by atoms with Gasteiger partial charge in [0.05, 0.1) is 6.04 Å². The van der Waals surface area contributed by atoms with Gasteiger partial charge in [0.25, 0.3) is 0 Å². The first kappa shape index (κ1) is 8.57. The molecule has 1 aliphatic rings. The fourth-order valence-corrected chi connectivity index (χ4v) is 1.07. The summed E-state index contributed by atoms with van der Waals surface area (Å²) >= 11 is 0. The van der Waals surface area contributed by atoms with E-state index in [1.165, 1.54) is 0 Å². The highest BCUT2D eigenvalue weighted by atomic mass is 16.5. The first-order valence-electron chi connectivity index (χ1n) is 4.31. The smallest absolute Gasteiger partial charge is 0.186 e. The molecule has 0 bridgehead atoms. The molecule has 2 heteroatoms. The quantitative estimate of drug-likeness (QED) is 0.598. The van der Waals surface area contributed by atoms with Crippen LogP contribution in [0.15, 0.2) is 4.99 Å². The molecule has 1 rings (SSSR count). The van der Waals surface area contributed by atoms with Crippen LogP contribution in [0.2, 0.25) is 0 Å². The van der Waals surface area contributed by atoms with Gasteiger partial charge in [0.2, 0.25) is 0 Å². The summed E-state index contributed by atoms with van der Waals surface area (Å²) in [5, 5.41) is 0. The van der Waals surface area contributed by atoms with E-state index in [2.05, 4.69) is 32.7 Å². The molecule has 0 saturated carbocycles. The molecule has 64 valence electrons. The Morgan fingerprint density at radius 1 is 1.36 bits per heavy atom. The van der Waals surface area contributed by atoms with Crippen molar-refractivity contribution >= 4 is 5.90 Å². The average Bonchev–Trinajstić information content (AvgIpc) is 2.33. The lowest BCUT2D eigenvalue weighted by atomic mass is 10.1. The van der Waals surface area contributed by atoms with Crippen LogP contribution < -0.4 is 0 Å². The molecular formula is C9H17NO. The molecule has 0 aromatic carbocycles. The largest absolute Gasteiger partial charge is 0.478 e. The normalized spacial score (nSPS) is 24.2.